The molecule has 0 fully saturated rings. The highest BCUT2D eigenvalue weighted by atomic mass is 15.1. The topological polar surface area (TPSA) is 21.9 Å². The summed E-state index contributed by atoms with van der Waals surface area (Å²) < 4.78 is 4.49. The molecular formula is C36H24N3+. The molecule has 5 aromatic carbocycles. The highest BCUT2D eigenvalue weighted by Crippen LogP contribution is 2.37. The fraction of sp³-hybridized carbons (Fsp3) is 0. The normalized spacial score (nSPS) is 11.6. The summed E-state index contributed by atoms with van der Waals surface area (Å²) in [5.41, 5.74) is 7.76. The molecule has 182 valence electrons. The molecule has 3 aromatic heterocycles. The van der Waals surface area contributed by atoms with Crippen LogP contribution in [-0.2, 0) is 0 Å². The van der Waals surface area contributed by atoms with Crippen molar-refractivity contribution in [1.29, 1.82) is 0 Å². The average Bonchev–Trinajstić information content (AvgIpc) is 3.33. The second kappa shape index (κ2) is 8.64. The Bertz CT molecular complexity index is 2160. The molecule has 0 aliphatic carbocycles. The van der Waals surface area contributed by atoms with E-state index in [-0.39, 0.29) is 0 Å². The number of hydrogen-bond acceptors (Lipinski definition) is 1. The van der Waals surface area contributed by atoms with Crippen LogP contribution in [0, 0.1) is 0 Å². The Labute approximate surface area is 225 Å². The first-order valence-corrected chi connectivity index (χ1v) is 13.2. The van der Waals surface area contributed by atoms with Gasteiger partial charge in [0.05, 0.1) is 16.6 Å². The first-order valence-electron chi connectivity index (χ1n) is 13.2. The number of fused-ring (bicyclic) bond motifs is 5. The van der Waals surface area contributed by atoms with Gasteiger partial charge in [0.25, 0.3) is 5.82 Å². The second-order valence-electron chi connectivity index (χ2n) is 9.96. The average molecular weight is 499 g/mol. The van der Waals surface area contributed by atoms with E-state index in [1.54, 1.807) is 0 Å². The quantitative estimate of drug-likeness (QED) is 0.224. The molecule has 0 aliphatic rings. The van der Waals surface area contributed by atoms with Crippen LogP contribution in [0.3, 0.4) is 0 Å². The molecule has 0 N–H and O–H groups in total. The van der Waals surface area contributed by atoms with Crippen molar-refractivity contribution in [1.82, 2.24) is 9.55 Å². The Balaban J connectivity index is 1.48. The van der Waals surface area contributed by atoms with Gasteiger partial charge in [0, 0.05) is 22.4 Å². The lowest BCUT2D eigenvalue weighted by Gasteiger charge is -2.10. The van der Waals surface area contributed by atoms with E-state index in [0.29, 0.717) is 0 Å². The highest BCUT2D eigenvalue weighted by molar-refractivity contribution is 6.13. The number of aromatic nitrogens is 3. The van der Waals surface area contributed by atoms with Crippen molar-refractivity contribution in [2.45, 2.75) is 0 Å². The number of pyridine rings is 1. The van der Waals surface area contributed by atoms with Crippen molar-refractivity contribution >= 4 is 38.2 Å². The zero-order valence-electron chi connectivity index (χ0n) is 21.2. The van der Waals surface area contributed by atoms with Gasteiger partial charge < -0.3 is 0 Å². The van der Waals surface area contributed by atoms with Crippen LogP contribution in [-0.4, -0.2) is 9.55 Å². The number of para-hydroxylation sites is 1. The van der Waals surface area contributed by atoms with E-state index in [1.165, 1.54) is 27.1 Å². The van der Waals surface area contributed by atoms with Gasteiger partial charge in [0.15, 0.2) is 0 Å². The minimum Gasteiger partial charge on any atom is -0.272 e. The highest BCUT2D eigenvalue weighted by Gasteiger charge is 2.23. The van der Waals surface area contributed by atoms with Crippen LogP contribution in [0.1, 0.15) is 0 Å². The van der Waals surface area contributed by atoms with Crippen molar-refractivity contribution in [3.8, 4) is 28.1 Å². The van der Waals surface area contributed by atoms with Gasteiger partial charge in [0.2, 0.25) is 0 Å². The Morgan fingerprint density at radius 1 is 0.487 bits per heavy atom. The van der Waals surface area contributed by atoms with Gasteiger partial charge in [-0.25, -0.2) is 4.40 Å². The molecule has 3 heteroatoms. The molecule has 0 spiro atoms. The summed E-state index contributed by atoms with van der Waals surface area (Å²) in [5, 5.41) is 4.92. The van der Waals surface area contributed by atoms with Crippen molar-refractivity contribution in [2.24, 2.45) is 0 Å². The molecule has 0 amide bonds. The van der Waals surface area contributed by atoms with Crippen LogP contribution in [0.25, 0.3) is 66.3 Å². The third-order valence-electron chi connectivity index (χ3n) is 7.63. The monoisotopic (exact) mass is 498 g/mol. The van der Waals surface area contributed by atoms with E-state index < -0.39 is 0 Å². The number of nitrogens with zero attached hydrogens (tertiary/aromatic N) is 3. The predicted molar refractivity (Wildman–Crippen MR) is 160 cm³/mol. The standard InChI is InChI=1S/C36H24N3/c1-3-11-25(12-4-1)29-19-20-35-37-36(32(24-38(35)23-29)26-13-5-2-6-14-26)39-33-18-10-9-17-30(33)31-21-27-15-7-8-16-28(27)22-34(31)39/h1-24H/q+1. The molecule has 8 aromatic rings. The fourth-order valence-electron chi connectivity index (χ4n) is 5.75. The van der Waals surface area contributed by atoms with Crippen molar-refractivity contribution in [3.63, 3.8) is 0 Å². The van der Waals surface area contributed by atoms with Gasteiger partial charge >= 0.3 is 5.65 Å². The lowest BCUT2D eigenvalue weighted by Crippen LogP contribution is -2.24. The van der Waals surface area contributed by atoms with Crippen LogP contribution < -0.4 is 4.40 Å². The van der Waals surface area contributed by atoms with Gasteiger partial charge in [-0.2, -0.15) is 0 Å². The van der Waals surface area contributed by atoms with E-state index in [9.17, 15) is 0 Å². The Hall–Kier alpha value is -5.28. The summed E-state index contributed by atoms with van der Waals surface area (Å²) >= 11 is 0. The maximum absolute atomic E-state index is 5.34. The lowest BCUT2D eigenvalue weighted by molar-refractivity contribution is -0.513. The summed E-state index contributed by atoms with van der Waals surface area (Å²) in [7, 11) is 0. The molecule has 3 heterocycles. The first-order chi connectivity index (χ1) is 19.3. The van der Waals surface area contributed by atoms with Gasteiger partial charge in [-0.05, 0) is 51.1 Å². The molecule has 39 heavy (non-hydrogen) atoms. The molecule has 3 nitrogen and oxygen atoms in total. The molecular weight excluding hydrogens is 474 g/mol. The maximum atomic E-state index is 5.34. The van der Waals surface area contributed by atoms with Gasteiger partial charge in [-0.1, -0.05) is 103 Å². The van der Waals surface area contributed by atoms with Crippen LogP contribution >= 0.6 is 0 Å². The first kappa shape index (κ1) is 21.8. The van der Waals surface area contributed by atoms with Crippen LogP contribution in [0.5, 0.6) is 0 Å². The third-order valence-corrected chi connectivity index (χ3v) is 7.63. The number of benzene rings is 5. The molecule has 0 saturated heterocycles. The van der Waals surface area contributed by atoms with Crippen molar-refractivity contribution in [3.05, 3.63) is 146 Å². The Kier molecular flexibility index (Phi) is 4.82. The molecule has 0 atom stereocenters. The second-order valence-corrected chi connectivity index (χ2v) is 9.96. The van der Waals surface area contributed by atoms with Gasteiger partial charge in [-0.3, -0.25) is 4.57 Å². The van der Waals surface area contributed by atoms with E-state index in [1.807, 2.05) is 6.07 Å². The van der Waals surface area contributed by atoms with Crippen LogP contribution in [0.4, 0.5) is 0 Å². The van der Waals surface area contributed by atoms with E-state index in [4.69, 9.17) is 4.98 Å². The molecule has 0 radical (unpaired) electrons. The van der Waals surface area contributed by atoms with Crippen molar-refractivity contribution in [2.75, 3.05) is 0 Å². The minimum atomic E-state index is 0.899. The van der Waals surface area contributed by atoms with Gasteiger partial charge in [0.1, 0.15) is 12.4 Å². The smallest absolute Gasteiger partial charge is 0.272 e. The van der Waals surface area contributed by atoms with Crippen LogP contribution in [0.2, 0.25) is 0 Å². The number of rotatable bonds is 3. The molecule has 8 rings (SSSR count). The largest absolute Gasteiger partial charge is 0.330 e. The summed E-state index contributed by atoms with van der Waals surface area (Å²) in [6, 6.07) is 47.2. The molecule has 0 bridgehead atoms. The fourth-order valence-corrected chi connectivity index (χ4v) is 5.75. The van der Waals surface area contributed by atoms with E-state index in [0.717, 1.165) is 39.2 Å². The van der Waals surface area contributed by atoms with E-state index in [2.05, 4.69) is 149 Å². The van der Waals surface area contributed by atoms with Crippen molar-refractivity contribution < 1.29 is 4.40 Å². The SMILES string of the molecule is c1ccc(-c2ccc3nc(-n4c5ccccc5c5cc6ccccc6cc54)c(-c4ccccc4)c[n+]3c2)cc1. The third kappa shape index (κ3) is 3.52. The summed E-state index contributed by atoms with van der Waals surface area (Å²) in [5.74, 6) is 0.926. The molecule has 0 saturated carbocycles. The summed E-state index contributed by atoms with van der Waals surface area (Å²) in [6.45, 7) is 0. The predicted octanol–water partition coefficient (Wildman–Crippen LogP) is 8.40. The summed E-state index contributed by atoms with van der Waals surface area (Å²) in [4.78, 5) is 5.34. The molecule has 0 aliphatic heterocycles. The zero-order chi connectivity index (χ0) is 25.8. The molecule has 0 unspecified atom stereocenters. The van der Waals surface area contributed by atoms with Crippen LogP contribution in [0.15, 0.2) is 146 Å². The zero-order valence-corrected chi connectivity index (χ0v) is 21.2. The van der Waals surface area contributed by atoms with E-state index >= 15 is 0 Å². The number of hydrogen-bond donors (Lipinski definition) is 0. The van der Waals surface area contributed by atoms with Gasteiger partial charge in [-0.15, -0.1) is 0 Å². The minimum absolute atomic E-state index is 0.899. The Morgan fingerprint density at radius 2 is 1.15 bits per heavy atom. The Morgan fingerprint density at radius 3 is 1.95 bits per heavy atom. The lowest BCUT2D eigenvalue weighted by atomic mass is 10.1. The summed E-state index contributed by atoms with van der Waals surface area (Å²) in [6.07, 6.45) is 4.40. The maximum Gasteiger partial charge on any atom is 0.330 e.